The van der Waals surface area contributed by atoms with Crippen LogP contribution in [0, 0.1) is 0 Å². The van der Waals surface area contributed by atoms with Crippen molar-refractivity contribution in [2.45, 2.75) is 58.0 Å². The summed E-state index contributed by atoms with van der Waals surface area (Å²) < 4.78 is 0. The van der Waals surface area contributed by atoms with Crippen LogP contribution >= 0.6 is 0 Å². The molecule has 0 amide bonds. The molecule has 0 aliphatic carbocycles. The molecule has 20 heavy (non-hydrogen) atoms. The summed E-state index contributed by atoms with van der Waals surface area (Å²) in [5, 5.41) is 3.62. The Morgan fingerprint density at radius 1 is 1.25 bits per heavy atom. The number of rotatable bonds is 7. The van der Waals surface area contributed by atoms with E-state index in [0.29, 0.717) is 12.1 Å². The highest BCUT2D eigenvalue weighted by Gasteiger charge is 2.28. The van der Waals surface area contributed by atoms with E-state index in [9.17, 15) is 0 Å². The summed E-state index contributed by atoms with van der Waals surface area (Å²) in [6.45, 7) is 10.4. The van der Waals surface area contributed by atoms with Crippen LogP contribution in [0.1, 0.15) is 51.5 Å². The van der Waals surface area contributed by atoms with Crippen LogP contribution in [0.3, 0.4) is 0 Å². The summed E-state index contributed by atoms with van der Waals surface area (Å²) in [6, 6.07) is 12.3. The summed E-state index contributed by atoms with van der Waals surface area (Å²) >= 11 is 0. The Bertz CT molecular complexity index is 374. The summed E-state index contributed by atoms with van der Waals surface area (Å²) in [5.74, 6) is 0.731. The number of likely N-dealkylation sites (tertiary alicyclic amines) is 1. The van der Waals surface area contributed by atoms with Gasteiger partial charge in [-0.2, -0.15) is 0 Å². The van der Waals surface area contributed by atoms with Gasteiger partial charge >= 0.3 is 0 Å². The van der Waals surface area contributed by atoms with Crippen molar-refractivity contribution in [3.05, 3.63) is 35.9 Å². The first kappa shape index (κ1) is 15.5. The third-order valence-corrected chi connectivity index (χ3v) is 4.39. The molecule has 2 atom stereocenters. The Morgan fingerprint density at radius 2 is 2.00 bits per heavy atom. The van der Waals surface area contributed by atoms with E-state index in [1.807, 2.05) is 0 Å². The minimum Gasteiger partial charge on any atom is -0.313 e. The molecule has 1 aromatic carbocycles. The maximum Gasteiger partial charge on any atom is 0.0220 e. The summed E-state index contributed by atoms with van der Waals surface area (Å²) in [6.07, 6.45) is 3.89. The van der Waals surface area contributed by atoms with Gasteiger partial charge in [-0.1, -0.05) is 57.5 Å². The van der Waals surface area contributed by atoms with Crippen LogP contribution in [0.5, 0.6) is 0 Å². The molecule has 1 heterocycles. The Kier molecular flexibility index (Phi) is 6.06. The number of nitrogens with one attached hydrogen (secondary N) is 1. The Balaban J connectivity index is 1.91. The smallest absolute Gasteiger partial charge is 0.0220 e. The molecule has 1 aliphatic rings. The first-order chi connectivity index (χ1) is 9.70. The second kappa shape index (κ2) is 7.80. The first-order valence-corrected chi connectivity index (χ1v) is 8.23. The average molecular weight is 274 g/mol. The zero-order valence-corrected chi connectivity index (χ0v) is 13.3. The quantitative estimate of drug-likeness (QED) is 0.816. The van der Waals surface area contributed by atoms with E-state index in [1.54, 1.807) is 0 Å². The molecule has 0 bridgehead atoms. The normalized spacial score (nSPS) is 21.5. The van der Waals surface area contributed by atoms with Gasteiger partial charge in [-0.3, -0.25) is 4.90 Å². The SMILES string of the molecule is CCCC(CNC(C)C)N1CCC(c2ccccc2)C1. The van der Waals surface area contributed by atoms with Gasteiger partial charge in [0.25, 0.3) is 0 Å². The molecule has 1 aromatic rings. The number of hydrogen-bond donors (Lipinski definition) is 1. The van der Waals surface area contributed by atoms with E-state index in [2.05, 4.69) is 61.3 Å². The molecule has 1 N–H and O–H groups in total. The minimum absolute atomic E-state index is 0.585. The van der Waals surface area contributed by atoms with E-state index in [0.717, 1.165) is 12.5 Å². The second-order valence-corrected chi connectivity index (χ2v) is 6.40. The van der Waals surface area contributed by atoms with Crippen molar-refractivity contribution in [1.82, 2.24) is 10.2 Å². The van der Waals surface area contributed by atoms with Gasteiger partial charge in [-0.15, -0.1) is 0 Å². The number of nitrogens with zero attached hydrogens (tertiary/aromatic N) is 1. The molecular formula is C18H30N2. The molecule has 0 saturated carbocycles. The van der Waals surface area contributed by atoms with Crippen molar-refractivity contribution >= 4 is 0 Å². The van der Waals surface area contributed by atoms with Crippen molar-refractivity contribution < 1.29 is 0 Å². The van der Waals surface area contributed by atoms with Crippen LogP contribution in [-0.2, 0) is 0 Å². The molecule has 1 saturated heterocycles. The Hall–Kier alpha value is -0.860. The van der Waals surface area contributed by atoms with Gasteiger partial charge < -0.3 is 5.32 Å². The maximum absolute atomic E-state index is 3.62. The van der Waals surface area contributed by atoms with Crippen LogP contribution in [0.4, 0.5) is 0 Å². The number of benzene rings is 1. The lowest BCUT2D eigenvalue weighted by molar-refractivity contribution is 0.217. The van der Waals surface area contributed by atoms with Gasteiger partial charge in [0.15, 0.2) is 0 Å². The second-order valence-electron chi connectivity index (χ2n) is 6.40. The largest absolute Gasteiger partial charge is 0.313 e. The van der Waals surface area contributed by atoms with Crippen LogP contribution in [0.15, 0.2) is 30.3 Å². The lowest BCUT2D eigenvalue weighted by Crippen LogP contribution is -2.42. The highest BCUT2D eigenvalue weighted by molar-refractivity contribution is 5.21. The summed E-state index contributed by atoms with van der Waals surface area (Å²) in [5.41, 5.74) is 1.52. The van der Waals surface area contributed by atoms with E-state index >= 15 is 0 Å². The van der Waals surface area contributed by atoms with Crippen molar-refractivity contribution in [3.63, 3.8) is 0 Å². The molecule has 0 aromatic heterocycles. The fourth-order valence-electron chi connectivity index (χ4n) is 3.23. The standard InChI is InChI=1S/C18H30N2/c1-4-8-18(13-19-15(2)3)20-12-11-17(14-20)16-9-6-5-7-10-16/h5-7,9-10,15,17-19H,4,8,11-14H2,1-3H3. The van der Waals surface area contributed by atoms with Crippen LogP contribution < -0.4 is 5.32 Å². The van der Waals surface area contributed by atoms with E-state index in [1.165, 1.54) is 37.9 Å². The monoisotopic (exact) mass is 274 g/mol. The highest BCUT2D eigenvalue weighted by atomic mass is 15.2. The molecule has 1 aliphatic heterocycles. The predicted octanol–water partition coefficient (Wildman–Crippen LogP) is 3.64. The molecule has 2 nitrogen and oxygen atoms in total. The molecule has 2 heteroatoms. The van der Waals surface area contributed by atoms with Gasteiger partial charge in [0, 0.05) is 25.2 Å². The molecule has 1 fully saturated rings. The third kappa shape index (κ3) is 4.32. The topological polar surface area (TPSA) is 15.3 Å². The average Bonchev–Trinajstić information content (AvgIpc) is 2.94. The van der Waals surface area contributed by atoms with Crippen LogP contribution in [-0.4, -0.2) is 36.6 Å². The van der Waals surface area contributed by atoms with Crippen LogP contribution in [0.25, 0.3) is 0 Å². The molecule has 0 radical (unpaired) electrons. The van der Waals surface area contributed by atoms with Gasteiger partial charge in [-0.25, -0.2) is 0 Å². The molecular weight excluding hydrogens is 244 g/mol. The fraction of sp³-hybridized carbons (Fsp3) is 0.667. The van der Waals surface area contributed by atoms with Crippen molar-refractivity contribution in [3.8, 4) is 0 Å². The maximum atomic E-state index is 3.62. The van der Waals surface area contributed by atoms with Gasteiger partial charge in [0.1, 0.15) is 0 Å². The lowest BCUT2D eigenvalue weighted by Gasteiger charge is -2.29. The van der Waals surface area contributed by atoms with Crippen molar-refractivity contribution in [2.24, 2.45) is 0 Å². The van der Waals surface area contributed by atoms with E-state index < -0.39 is 0 Å². The van der Waals surface area contributed by atoms with Gasteiger partial charge in [-0.05, 0) is 30.9 Å². The zero-order chi connectivity index (χ0) is 14.4. The molecule has 112 valence electrons. The summed E-state index contributed by atoms with van der Waals surface area (Å²) in [4.78, 5) is 2.70. The van der Waals surface area contributed by atoms with Crippen molar-refractivity contribution in [2.75, 3.05) is 19.6 Å². The summed E-state index contributed by atoms with van der Waals surface area (Å²) in [7, 11) is 0. The van der Waals surface area contributed by atoms with Gasteiger partial charge in [0.05, 0.1) is 0 Å². The van der Waals surface area contributed by atoms with E-state index in [4.69, 9.17) is 0 Å². The van der Waals surface area contributed by atoms with Crippen LogP contribution in [0.2, 0.25) is 0 Å². The van der Waals surface area contributed by atoms with Crippen molar-refractivity contribution in [1.29, 1.82) is 0 Å². The zero-order valence-electron chi connectivity index (χ0n) is 13.3. The molecule has 0 spiro atoms. The number of hydrogen-bond acceptors (Lipinski definition) is 2. The highest BCUT2D eigenvalue weighted by Crippen LogP contribution is 2.29. The Morgan fingerprint density at radius 3 is 2.65 bits per heavy atom. The molecule has 2 unspecified atom stereocenters. The lowest BCUT2D eigenvalue weighted by atomic mass is 9.99. The first-order valence-electron chi connectivity index (χ1n) is 8.23. The predicted molar refractivity (Wildman–Crippen MR) is 87.2 cm³/mol. The van der Waals surface area contributed by atoms with Gasteiger partial charge in [0.2, 0.25) is 0 Å². The minimum atomic E-state index is 0.585. The fourth-order valence-corrected chi connectivity index (χ4v) is 3.23. The van der Waals surface area contributed by atoms with E-state index in [-0.39, 0.29) is 0 Å². The Labute approximate surface area is 124 Å². The third-order valence-electron chi connectivity index (χ3n) is 4.39. The molecule has 2 rings (SSSR count).